The van der Waals surface area contributed by atoms with Gasteiger partial charge >= 0.3 is 0 Å². The molecular weight excluding hydrogens is 160 g/mol. The van der Waals surface area contributed by atoms with Gasteiger partial charge in [0.25, 0.3) is 0 Å². The summed E-state index contributed by atoms with van der Waals surface area (Å²) < 4.78 is 0. The molecular formula is C12H18O. The van der Waals surface area contributed by atoms with Crippen molar-refractivity contribution >= 4 is 5.78 Å². The Labute approximate surface area is 80.2 Å². The van der Waals surface area contributed by atoms with Crippen LogP contribution in [0.2, 0.25) is 0 Å². The third-order valence-corrected chi connectivity index (χ3v) is 3.34. The molecule has 0 aromatic heterocycles. The maximum absolute atomic E-state index is 11.7. The summed E-state index contributed by atoms with van der Waals surface area (Å²) in [6.07, 6.45) is 11.7. The molecule has 1 saturated carbocycles. The van der Waals surface area contributed by atoms with Crippen LogP contribution in [0.25, 0.3) is 0 Å². The van der Waals surface area contributed by atoms with Gasteiger partial charge in [0.2, 0.25) is 0 Å². The smallest absolute Gasteiger partial charge is 0.158 e. The standard InChI is InChI=1S/C12H18O/c13-12-9-3-1-2-6-10-7-4-5-8-11(10)12/h8,10H,1-7,9H2/t10-/m1/s1. The first-order valence-corrected chi connectivity index (χ1v) is 5.61. The van der Waals surface area contributed by atoms with Crippen LogP contribution in [-0.4, -0.2) is 5.78 Å². The molecule has 0 saturated heterocycles. The number of hydrogen-bond donors (Lipinski definition) is 0. The van der Waals surface area contributed by atoms with Crippen molar-refractivity contribution in [2.24, 2.45) is 5.92 Å². The third kappa shape index (κ3) is 2.01. The average molecular weight is 178 g/mol. The predicted octanol–water partition coefficient (Wildman–Crippen LogP) is 3.25. The molecule has 2 aliphatic carbocycles. The van der Waals surface area contributed by atoms with Gasteiger partial charge in [0.15, 0.2) is 5.78 Å². The molecule has 13 heavy (non-hydrogen) atoms. The number of fused-ring (bicyclic) bond motifs is 1. The Kier molecular flexibility index (Phi) is 2.82. The van der Waals surface area contributed by atoms with E-state index in [-0.39, 0.29) is 0 Å². The van der Waals surface area contributed by atoms with Crippen molar-refractivity contribution in [3.05, 3.63) is 11.6 Å². The number of hydrogen-bond acceptors (Lipinski definition) is 1. The van der Waals surface area contributed by atoms with Crippen LogP contribution in [0.5, 0.6) is 0 Å². The maximum atomic E-state index is 11.7. The van der Waals surface area contributed by atoms with E-state index in [0.717, 1.165) is 19.3 Å². The lowest BCUT2D eigenvalue weighted by Gasteiger charge is -2.25. The molecule has 0 bridgehead atoms. The molecule has 1 heteroatoms. The monoisotopic (exact) mass is 178 g/mol. The Morgan fingerprint density at radius 3 is 2.85 bits per heavy atom. The average Bonchev–Trinajstić information content (AvgIpc) is 2.14. The topological polar surface area (TPSA) is 17.1 Å². The van der Waals surface area contributed by atoms with Crippen LogP contribution in [0.15, 0.2) is 11.6 Å². The molecule has 0 aliphatic heterocycles. The maximum Gasteiger partial charge on any atom is 0.158 e. The Hall–Kier alpha value is -0.590. The number of rotatable bonds is 0. The van der Waals surface area contributed by atoms with Gasteiger partial charge < -0.3 is 0 Å². The molecule has 0 amide bonds. The second-order valence-corrected chi connectivity index (χ2v) is 4.31. The second kappa shape index (κ2) is 4.08. The van der Waals surface area contributed by atoms with Crippen molar-refractivity contribution < 1.29 is 4.79 Å². The predicted molar refractivity (Wildman–Crippen MR) is 53.5 cm³/mol. The molecule has 0 N–H and O–H groups in total. The highest BCUT2D eigenvalue weighted by molar-refractivity contribution is 5.95. The van der Waals surface area contributed by atoms with Crippen molar-refractivity contribution in [3.8, 4) is 0 Å². The van der Waals surface area contributed by atoms with Gasteiger partial charge in [0.05, 0.1) is 0 Å². The van der Waals surface area contributed by atoms with E-state index < -0.39 is 0 Å². The third-order valence-electron chi connectivity index (χ3n) is 3.34. The lowest BCUT2D eigenvalue weighted by atomic mass is 9.79. The summed E-state index contributed by atoms with van der Waals surface area (Å²) in [5.41, 5.74) is 1.19. The first-order chi connectivity index (χ1) is 6.38. The number of ketones is 1. The van der Waals surface area contributed by atoms with Gasteiger partial charge in [0.1, 0.15) is 0 Å². The van der Waals surface area contributed by atoms with Crippen LogP contribution in [0.1, 0.15) is 51.4 Å². The second-order valence-electron chi connectivity index (χ2n) is 4.31. The van der Waals surface area contributed by atoms with Gasteiger partial charge in [-0.05, 0) is 43.6 Å². The fourth-order valence-corrected chi connectivity index (χ4v) is 2.58. The van der Waals surface area contributed by atoms with Gasteiger partial charge in [0, 0.05) is 6.42 Å². The van der Waals surface area contributed by atoms with Gasteiger partial charge in [-0.2, -0.15) is 0 Å². The molecule has 1 nitrogen and oxygen atoms in total. The van der Waals surface area contributed by atoms with Gasteiger partial charge in [-0.15, -0.1) is 0 Å². The Balaban J connectivity index is 2.14. The molecule has 2 aliphatic rings. The Bertz CT molecular complexity index is 227. The summed E-state index contributed by atoms with van der Waals surface area (Å²) in [6, 6.07) is 0. The zero-order valence-electron chi connectivity index (χ0n) is 8.22. The van der Waals surface area contributed by atoms with Crippen molar-refractivity contribution in [1.29, 1.82) is 0 Å². The zero-order valence-corrected chi connectivity index (χ0v) is 8.22. The minimum absolute atomic E-state index is 0.449. The molecule has 0 heterocycles. The molecule has 0 aromatic rings. The van der Waals surface area contributed by atoms with Gasteiger partial charge in [-0.3, -0.25) is 4.79 Å². The Morgan fingerprint density at radius 2 is 1.92 bits per heavy atom. The van der Waals surface area contributed by atoms with E-state index in [9.17, 15) is 4.79 Å². The molecule has 0 aromatic carbocycles. The normalized spacial score (nSPS) is 30.0. The van der Waals surface area contributed by atoms with Crippen LogP contribution in [-0.2, 0) is 4.79 Å². The zero-order chi connectivity index (χ0) is 9.10. The van der Waals surface area contributed by atoms with Crippen molar-refractivity contribution in [2.75, 3.05) is 0 Å². The lowest BCUT2D eigenvalue weighted by molar-refractivity contribution is -0.116. The minimum atomic E-state index is 0.449. The quantitative estimate of drug-likeness (QED) is 0.556. The first kappa shape index (κ1) is 8.98. The van der Waals surface area contributed by atoms with Crippen LogP contribution in [0.4, 0.5) is 0 Å². The van der Waals surface area contributed by atoms with E-state index in [4.69, 9.17) is 0 Å². The molecule has 72 valence electrons. The van der Waals surface area contributed by atoms with Crippen LogP contribution >= 0.6 is 0 Å². The van der Waals surface area contributed by atoms with E-state index in [1.54, 1.807) is 0 Å². The van der Waals surface area contributed by atoms with Crippen molar-refractivity contribution in [3.63, 3.8) is 0 Å². The Morgan fingerprint density at radius 1 is 1.08 bits per heavy atom. The molecule has 0 spiro atoms. The van der Waals surface area contributed by atoms with E-state index in [1.165, 1.54) is 37.7 Å². The number of carbonyl (C=O) groups excluding carboxylic acids is 1. The summed E-state index contributed by atoms with van der Waals surface area (Å²) in [5.74, 6) is 1.07. The highest BCUT2D eigenvalue weighted by Crippen LogP contribution is 2.32. The van der Waals surface area contributed by atoms with E-state index >= 15 is 0 Å². The van der Waals surface area contributed by atoms with Crippen LogP contribution in [0, 0.1) is 5.92 Å². The van der Waals surface area contributed by atoms with E-state index in [1.807, 2.05) is 0 Å². The SMILES string of the molecule is O=C1CCCCC[C@@H]2CCCC=C12. The highest BCUT2D eigenvalue weighted by Gasteiger charge is 2.23. The number of carbonyl (C=O) groups is 1. The molecule has 1 atom stereocenters. The highest BCUT2D eigenvalue weighted by atomic mass is 16.1. The fourth-order valence-electron chi connectivity index (χ4n) is 2.58. The van der Waals surface area contributed by atoms with Crippen LogP contribution < -0.4 is 0 Å². The molecule has 0 unspecified atom stereocenters. The first-order valence-electron chi connectivity index (χ1n) is 5.61. The minimum Gasteiger partial charge on any atom is -0.295 e. The van der Waals surface area contributed by atoms with Gasteiger partial charge in [-0.25, -0.2) is 0 Å². The molecule has 2 rings (SSSR count). The lowest BCUT2D eigenvalue weighted by Crippen LogP contribution is -2.18. The summed E-state index contributed by atoms with van der Waals surface area (Å²) in [7, 11) is 0. The summed E-state index contributed by atoms with van der Waals surface area (Å²) in [5, 5.41) is 0. The molecule has 0 radical (unpaired) electrons. The van der Waals surface area contributed by atoms with Crippen LogP contribution in [0.3, 0.4) is 0 Å². The molecule has 1 fully saturated rings. The van der Waals surface area contributed by atoms with Crippen molar-refractivity contribution in [1.82, 2.24) is 0 Å². The van der Waals surface area contributed by atoms with Gasteiger partial charge in [-0.1, -0.05) is 18.9 Å². The van der Waals surface area contributed by atoms with E-state index in [2.05, 4.69) is 6.08 Å². The number of Topliss-reactive ketones (excluding diaryl/α,β-unsaturated/α-hetero) is 1. The summed E-state index contributed by atoms with van der Waals surface area (Å²) in [4.78, 5) is 11.7. The summed E-state index contributed by atoms with van der Waals surface area (Å²) in [6.45, 7) is 0. The largest absolute Gasteiger partial charge is 0.295 e. The summed E-state index contributed by atoms with van der Waals surface area (Å²) >= 11 is 0. The number of allylic oxidation sites excluding steroid dienone is 2. The van der Waals surface area contributed by atoms with Crippen molar-refractivity contribution in [2.45, 2.75) is 51.4 Å². The van der Waals surface area contributed by atoms with E-state index in [0.29, 0.717) is 11.7 Å². The fraction of sp³-hybridized carbons (Fsp3) is 0.750.